The fourth-order valence-corrected chi connectivity index (χ4v) is 4.08. The van der Waals surface area contributed by atoms with Crippen LogP contribution in [0.3, 0.4) is 0 Å². The molecular formula is C28H36Cl4N2O8. The summed E-state index contributed by atoms with van der Waals surface area (Å²) in [7, 11) is 0. The molecule has 2 unspecified atom stereocenters. The normalized spacial score (nSPS) is 12.4. The molecule has 0 aliphatic carbocycles. The van der Waals surface area contributed by atoms with Gasteiger partial charge in [0.05, 0.1) is 62.9 Å². The number of benzene rings is 2. The van der Waals surface area contributed by atoms with Crippen LogP contribution in [0.5, 0.6) is 11.5 Å². The van der Waals surface area contributed by atoms with Gasteiger partial charge in [-0.15, -0.1) is 0 Å². The van der Waals surface area contributed by atoms with Crippen LogP contribution in [0.1, 0.15) is 13.8 Å². The summed E-state index contributed by atoms with van der Waals surface area (Å²) in [6.07, 6.45) is -1.46. The monoisotopic (exact) mass is 668 g/mol. The van der Waals surface area contributed by atoms with E-state index in [1.165, 1.54) is 0 Å². The summed E-state index contributed by atoms with van der Waals surface area (Å²) in [4.78, 5) is 24.3. The quantitative estimate of drug-likeness (QED) is 0.182. The molecule has 0 spiro atoms. The Morgan fingerprint density at radius 2 is 0.929 bits per heavy atom. The van der Waals surface area contributed by atoms with Crippen LogP contribution in [-0.2, 0) is 28.5 Å². The average molecular weight is 670 g/mol. The van der Waals surface area contributed by atoms with Crippen LogP contribution < -0.4 is 20.1 Å². The molecule has 0 aliphatic rings. The molecule has 2 amide bonds. The number of ether oxygens (including phenoxy) is 6. The summed E-state index contributed by atoms with van der Waals surface area (Å²) in [5, 5.41) is 7.11. The molecule has 2 aromatic carbocycles. The number of rotatable bonds is 21. The second-order valence-corrected chi connectivity index (χ2v) is 10.4. The third-order valence-corrected chi connectivity index (χ3v) is 6.40. The Morgan fingerprint density at radius 3 is 1.26 bits per heavy atom. The van der Waals surface area contributed by atoms with Gasteiger partial charge in [0.25, 0.3) is 11.8 Å². The number of nitrogens with one attached hydrogen (secondary N) is 2. The number of carbonyl (C=O) groups is 2. The van der Waals surface area contributed by atoms with Gasteiger partial charge in [0.15, 0.2) is 12.2 Å². The molecule has 0 saturated heterocycles. The van der Waals surface area contributed by atoms with Gasteiger partial charge in [0.1, 0.15) is 11.5 Å². The van der Waals surface area contributed by atoms with Crippen molar-refractivity contribution in [2.75, 3.05) is 65.9 Å². The molecule has 2 atom stereocenters. The summed E-state index contributed by atoms with van der Waals surface area (Å²) in [5.41, 5.74) is 0. The molecule has 0 radical (unpaired) electrons. The van der Waals surface area contributed by atoms with Crippen molar-refractivity contribution in [3.63, 3.8) is 0 Å². The number of hydrogen-bond acceptors (Lipinski definition) is 8. The van der Waals surface area contributed by atoms with Crippen LogP contribution >= 0.6 is 46.4 Å². The van der Waals surface area contributed by atoms with Crippen molar-refractivity contribution in [1.29, 1.82) is 0 Å². The Balaban J connectivity index is 1.35. The Bertz CT molecular complexity index is 1030. The first-order valence-corrected chi connectivity index (χ1v) is 14.8. The third-order valence-electron chi connectivity index (χ3n) is 5.34. The zero-order valence-corrected chi connectivity index (χ0v) is 26.5. The fourth-order valence-electron chi connectivity index (χ4n) is 3.17. The van der Waals surface area contributed by atoms with Crippen LogP contribution in [-0.4, -0.2) is 90.0 Å². The van der Waals surface area contributed by atoms with Crippen LogP contribution in [0.25, 0.3) is 0 Å². The summed E-state index contributed by atoms with van der Waals surface area (Å²) in [6, 6.07) is 9.59. The molecule has 14 heteroatoms. The van der Waals surface area contributed by atoms with Crippen LogP contribution in [0, 0.1) is 0 Å². The molecule has 2 rings (SSSR count). The van der Waals surface area contributed by atoms with E-state index >= 15 is 0 Å². The Labute approximate surface area is 266 Å². The van der Waals surface area contributed by atoms with Crippen LogP contribution in [0.4, 0.5) is 0 Å². The van der Waals surface area contributed by atoms with Gasteiger partial charge in [-0.05, 0) is 50.2 Å². The highest BCUT2D eigenvalue weighted by Gasteiger charge is 2.17. The maximum Gasteiger partial charge on any atom is 0.260 e. The maximum absolute atomic E-state index is 12.1. The van der Waals surface area contributed by atoms with Gasteiger partial charge in [-0.2, -0.15) is 0 Å². The lowest BCUT2D eigenvalue weighted by molar-refractivity contribution is -0.128. The van der Waals surface area contributed by atoms with Crippen molar-refractivity contribution in [2.45, 2.75) is 26.1 Å². The minimum atomic E-state index is -0.728. The number of carbonyl (C=O) groups excluding carboxylic acids is 2. The van der Waals surface area contributed by atoms with E-state index in [9.17, 15) is 9.59 Å². The molecule has 2 aromatic rings. The van der Waals surface area contributed by atoms with Crippen molar-refractivity contribution in [1.82, 2.24) is 10.6 Å². The van der Waals surface area contributed by atoms with Gasteiger partial charge in [-0.25, -0.2) is 0 Å². The molecule has 0 aliphatic heterocycles. The van der Waals surface area contributed by atoms with Crippen molar-refractivity contribution in [3.05, 3.63) is 56.5 Å². The molecule has 2 N–H and O–H groups in total. The highest BCUT2D eigenvalue weighted by Crippen LogP contribution is 2.29. The van der Waals surface area contributed by atoms with E-state index in [4.69, 9.17) is 74.8 Å². The van der Waals surface area contributed by atoms with Gasteiger partial charge in [-0.3, -0.25) is 9.59 Å². The first kappa shape index (κ1) is 36.2. The first-order chi connectivity index (χ1) is 20.2. The molecule has 0 fully saturated rings. The SMILES string of the molecule is CC(Oc1ccc(Cl)cc1Cl)C(=O)NCCOCCOCCOCCOCCNC(=O)C(C)Oc1ccc(Cl)cc1Cl. The van der Waals surface area contributed by atoms with Crippen molar-refractivity contribution < 1.29 is 38.0 Å². The van der Waals surface area contributed by atoms with Crippen molar-refractivity contribution in [3.8, 4) is 11.5 Å². The topological polar surface area (TPSA) is 114 Å². The minimum Gasteiger partial charge on any atom is -0.479 e. The lowest BCUT2D eigenvalue weighted by Crippen LogP contribution is -2.38. The van der Waals surface area contributed by atoms with Gasteiger partial charge in [0.2, 0.25) is 0 Å². The highest BCUT2D eigenvalue weighted by atomic mass is 35.5. The first-order valence-electron chi connectivity index (χ1n) is 13.3. The van der Waals surface area contributed by atoms with E-state index in [0.717, 1.165) is 0 Å². The van der Waals surface area contributed by atoms with Crippen molar-refractivity contribution >= 4 is 58.2 Å². The third kappa shape index (κ3) is 14.9. The molecular weight excluding hydrogens is 634 g/mol. The standard InChI is InChI=1S/C28H36Cl4N2O8/c1-19(41-25-5-3-21(29)17-23(25)31)27(35)33-7-9-37-11-13-39-15-16-40-14-12-38-10-8-34-28(36)20(2)42-26-6-4-22(30)18-24(26)32/h3-6,17-20H,7-16H2,1-2H3,(H,33,35)(H,34,36). The zero-order chi connectivity index (χ0) is 30.7. The van der Waals surface area contributed by atoms with Gasteiger partial charge >= 0.3 is 0 Å². The Kier molecular flexibility index (Phi) is 17.9. The number of halogens is 4. The van der Waals surface area contributed by atoms with Gasteiger partial charge in [-0.1, -0.05) is 46.4 Å². The van der Waals surface area contributed by atoms with Gasteiger partial charge in [0, 0.05) is 23.1 Å². The maximum atomic E-state index is 12.1. The summed E-state index contributed by atoms with van der Waals surface area (Å²) in [5.74, 6) is 0.196. The number of hydrogen-bond donors (Lipinski definition) is 2. The number of amides is 2. The minimum absolute atomic E-state index is 0.285. The molecule has 234 valence electrons. The van der Waals surface area contributed by atoms with Crippen LogP contribution in [0.15, 0.2) is 36.4 Å². The fraction of sp³-hybridized carbons (Fsp3) is 0.500. The highest BCUT2D eigenvalue weighted by molar-refractivity contribution is 6.36. The van der Waals surface area contributed by atoms with Crippen molar-refractivity contribution in [2.24, 2.45) is 0 Å². The predicted octanol–water partition coefficient (Wildman–Crippen LogP) is 4.83. The average Bonchev–Trinajstić information content (AvgIpc) is 2.95. The lowest BCUT2D eigenvalue weighted by atomic mass is 10.3. The molecule has 0 bridgehead atoms. The molecule has 10 nitrogen and oxygen atoms in total. The van der Waals surface area contributed by atoms with Crippen LogP contribution in [0.2, 0.25) is 20.1 Å². The van der Waals surface area contributed by atoms with E-state index in [1.54, 1.807) is 50.2 Å². The Morgan fingerprint density at radius 1 is 0.595 bits per heavy atom. The summed E-state index contributed by atoms with van der Waals surface area (Å²) >= 11 is 23.8. The van der Waals surface area contributed by atoms with E-state index in [2.05, 4.69) is 10.6 Å². The van der Waals surface area contributed by atoms with Gasteiger partial charge < -0.3 is 39.1 Å². The van der Waals surface area contributed by atoms with E-state index in [1.807, 2.05) is 0 Å². The molecule has 0 aromatic heterocycles. The summed E-state index contributed by atoms with van der Waals surface area (Å²) in [6.45, 7) is 6.97. The largest absolute Gasteiger partial charge is 0.479 e. The summed E-state index contributed by atoms with van der Waals surface area (Å²) < 4.78 is 32.9. The zero-order valence-electron chi connectivity index (χ0n) is 23.5. The molecule has 0 saturated carbocycles. The second-order valence-electron chi connectivity index (χ2n) is 8.70. The Hall–Kier alpha value is -2.02. The lowest BCUT2D eigenvalue weighted by Gasteiger charge is -2.16. The molecule has 42 heavy (non-hydrogen) atoms. The second kappa shape index (κ2) is 20.8. The van der Waals surface area contributed by atoms with E-state index in [0.29, 0.717) is 97.5 Å². The smallest absolute Gasteiger partial charge is 0.260 e. The van der Waals surface area contributed by atoms with E-state index in [-0.39, 0.29) is 11.8 Å². The predicted molar refractivity (Wildman–Crippen MR) is 162 cm³/mol. The molecule has 0 heterocycles. The van der Waals surface area contributed by atoms with E-state index < -0.39 is 12.2 Å².